The predicted molar refractivity (Wildman–Crippen MR) is 73.8 cm³/mol. The van der Waals surface area contributed by atoms with E-state index in [-0.39, 0.29) is 17.2 Å². The molecule has 0 radical (unpaired) electrons. The van der Waals surface area contributed by atoms with Gasteiger partial charge in [0.25, 0.3) is 0 Å². The lowest BCUT2D eigenvalue weighted by Crippen LogP contribution is -1.94. The highest BCUT2D eigenvalue weighted by Crippen LogP contribution is 2.33. The molecule has 104 valence electrons. The molecule has 0 amide bonds. The van der Waals surface area contributed by atoms with Gasteiger partial charge in [-0.2, -0.15) is 0 Å². The van der Waals surface area contributed by atoms with Gasteiger partial charge in [0.15, 0.2) is 0 Å². The Morgan fingerprint density at radius 1 is 1.20 bits per heavy atom. The van der Waals surface area contributed by atoms with Crippen molar-refractivity contribution >= 4 is 21.6 Å². The van der Waals surface area contributed by atoms with Gasteiger partial charge < -0.3 is 9.47 Å². The number of halogens is 2. The van der Waals surface area contributed by atoms with Gasteiger partial charge in [0.1, 0.15) is 17.3 Å². The normalized spacial score (nSPS) is 10.2. The maximum atomic E-state index is 13.2. The Balaban J connectivity index is 2.32. The second-order valence-corrected chi connectivity index (χ2v) is 4.71. The van der Waals surface area contributed by atoms with E-state index >= 15 is 0 Å². The molecule has 0 bridgehead atoms. The smallest absolute Gasteiger partial charge is 0.311 e. The molecular weight excluding hydrogens is 333 g/mol. The molecule has 2 aromatic carbocycles. The highest BCUT2D eigenvalue weighted by molar-refractivity contribution is 9.10. The number of nitro benzene ring substituents is 1. The zero-order valence-electron chi connectivity index (χ0n) is 10.3. The highest BCUT2D eigenvalue weighted by atomic mass is 79.9. The zero-order chi connectivity index (χ0) is 14.7. The second kappa shape index (κ2) is 5.87. The van der Waals surface area contributed by atoms with Crippen LogP contribution in [-0.4, -0.2) is 12.0 Å². The van der Waals surface area contributed by atoms with Crippen LogP contribution < -0.4 is 9.47 Å². The maximum absolute atomic E-state index is 13.2. The Morgan fingerprint density at radius 3 is 2.55 bits per heavy atom. The van der Waals surface area contributed by atoms with Crippen molar-refractivity contribution < 1.29 is 18.8 Å². The van der Waals surface area contributed by atoms with Gasteiger partial charge in [-0.25, -0.2) is 4.39 Å². The van der Waals surface area contributed by atoms with Crippen molar-refractivity contribution in [1.29, 1.82) is 0 Å². The summed E-state index contributed by atoms with van der Waals surface area (Å²) in [5.74, 6) is 0.198. The van der Waals surface area contributed by atoms with Crippen molar-refractivity contribution in [3.63, 3.8) is 0 Å². The fraction of sp³-hybridized carbons (Fsp3) is 0.0769. The molecule has 0 unspecified atom stereocenters. The number of hydrogen-bond donors (Lipinski definition) is 0. The first-order valence-electron chi connectivity index (χ1n) is 5.46. The summed E-state index contributed by atoms with van der Waals surface area (Å²) in [6.07, 6.45) is 0. The van der Waals surface area contributed by atoms with Crippen molar-refractivity contribution in [1.82, 2.24) is 0 Å². The van der Waals surface area contributed by atoms with Crippen LogP contribution in [0.2, 0.25) is 0 Å². The molecule has 0 heterocycles. The van der Waals surface area contributed by atoms with Gasteiger partial charge in [0, 0.05) is 22.7 Å². The van der Waals surface area contributed by atoms with E-state index in [0.29, 0.717) is 10.2 Å². The van der Waals surface area contributed by atoms with Crippen molar-refractivity contribution in [3.8, 4) is 17.2 Å². The lowest BCUT2D eigenvalue weighted by Gasteiger charge is -2.08. The summed E-state index contributed by atoms with van der Waals surface area (Å²) >= 11 is 3.15. The predicted octanol–water partition coefficient (Wildman–Crippen LogP) is 4.30. The van der Waals surface area contributed by atoms with E-state index in [0.717, 1.165) is 0 Å². The van der Waals surface area contributed by atoms with Gasteiger partial charge in [0.05, 0.1) is 12.0 Å². The Kier molecular flexibility index (Phi) is 4.19. The molecule has 0 N–H and O–H groups in total. The Hall–Kier alpha value is -2.15. The van der Waals surface area contributed by atoms with Crippen LogP contribution in [0.25, 0.3) is 0 Å². The minimum atomic E-state index is -0.554. The standard InChI is InChI=1S/C13H9BrFNO4/c1-19-13-7-10(2-3-12(13)16(17)18)20-11-5-8(14)4-9(15)6-11/h2-7H,1H3. The number of hydrogen-bond acceptors (Lipinski definition) is 4. The number of nitro groups is 1. The van der Waals surface area contributed by atoms with Gasteiger partial charge >= 0.3 is 5.69 Å². The van der Waals surface area contributed by atoms with Crippen molar-refractivity contribution in [2.45, 2.75) is 0 Å². The summed E-state index contributed by atoms with van der Waals surface area (Å²) in [7, 11) is 1.32. The Bertz CT molecular complexity index is 643. The lowest BCUT2D eigenvalue weighted by atomic mass is 10.2. The summed E-state index contributed by atoms with van der Waals surface area (Å²) in [6, 6.07) is 8.14. The molecule has 0 aliphatic carbocycles. The van der Waals surface area contributed by atoms with Gasteiger partial charge in [-0.05, 0) is 18.2 Å². The van der Waals surface area contributed by atoms with Crippen molar-refractivity contribution in [2.75, 3.05) is 7.11 Å². The fourth-order valence-electron chi connectivity index (χ4n) is 1.60. The molecule has 20 heavy (non-hydrogen) atoms. The minimum absolute atomic E-state index is 0.0722. The van der Waals surface area contributed by atoms with Crippen LogP contribution in [0.4, 0.5) is 10.1 Å². The maximum Gasteiger partial charge on any atom is 0.311 e. The van der Waals surface area contributed by atoms with Crippen LogP contribution in [0.5, 0.6) is 17.2 Å². The van der Waals surface area contributed by atoms with Gasteiger partial charge in [0.2, 0.25) is 5.75 Å². The van der Waals surface area contributed by atoms with E-state index in [9.17, 15) is 14.5 Å². The molecule has 0 aliphatic heterocycles. The van der Waals surface area contributed by atoms with E-state index in [2.05, 4.69) is 15.9 Å². The van der Waals surface area contributed by atoms with Crippen LogP contribution >= 0.6 is 15.9 Å². The number of benzene rings is 2. The van der Waals surface area contributed by atoms with Gasteiger partial charge in [-0.3, -0.25) is 10.1 Å². The van der Waals surface area contributed by atoms with Crippen LogP contribution in [0, 0.1) is 15.9 Å². The quantitative estimate of drug-likeness (QED) is 0.614. The molecule has 0 saturated carbocycles. The third-order valence-electron chi connectivity index (χ3n) is 2.42. The Morgan fingerprint density at radius 2 is 1.95 bits per heavy atom. The second-order valence-electron chi connectivity index (χ2n) is 3.80. The monoisotopic (exact) mass is 341 g/mol. The van der Waals surface area contributed by atoms with Crippen molar-refractivity contribution in [3.05, 3.63) is 56.8 Å². The minimum Gasteiger partial charge on any atom is -0.490 e. The first-order chi connectivity index (χ1) is 9.49. The first kappa shape index (κ1) is 14.3. The first-order valence-corrected chi connectivity index (χ1v) is 6.25. The van der Waals surface area contributed by atoms with E-state index in [1.54, 1.807) is 6.07 Å². The summed E-state index contributed by atoms with van der Waals surface area (Å²) in [4.78, 5) is 10.2. The van der Waals surface area contributed by atoms with E-state index in [1.165, 1.54) is 37.4 Å². The van der Waals surface area contributed by atoms with E-state index in [1.807, 2.05) is 0 Å². The molecule has 7 heteroatoms. The third-order valence-corrected chi connectivity index (χ3v) is 2.88. The largest absolute Gasteiger partial charge is 0.490 e. The van der Waals surface area contributed by atoms with Crippen LogP contribution in [0.3, 0.4) is 0 Å². The summed E-state index contributed by atoms with van der Waals surface area (Å²) in [5.41, 5.74) is -0.166. The molecule has 0 atom stereocenters. The molecule has 0 saturated heterocycles. The molecule has 2 aromatic rings. The van der Waals surface area contributed by atoms with Crippen LogP contribution in [-0.2, 0) is 0 Å². The number of methoxy groups -OCH3 is 1. The van der Waals surface area contributed by atoms with Crippen molar-refractivity contribution in [2.24, 2.45) is 0 Å². The summed E-state index contributed by atoms with van der Waals surface area (Å²) < 4.78 is 24.1. The topological polar surface area (TPSA) is 61.6 Å². The zero-order valence-corrected chi connectivity index (χ0v) is 11.9. The molecule has 0 spiro atoms. The lowest BCUT2D eigenvalue weighted by molar-refractivity contribution is -0.385. The molecule has 0 fully saturated rings. The SMILES string of the molecule is COc1cc(Oc2cc(F)cc(Br)c2)ccc1[N+](=O)[O-]. The molecule has 0 aliphatic rings. The summed E-state index contributed by atoms with van der Waals surface area (Å²) in [6.45, 7) is 0. The third kappa shape index (κ3) is 3.24. The molecule has 0 aromatic heterocycles. The number of rotatable bonds is 4. The van der Waals surface area contributed by atoms with E-state index < -0.39 is 10.7 Å². The van der Waals surface area contributed by atoms with Crippen LogP contribution in [0.15, 0.2) is 40.9 Å². The highest BCUT2D eigenvalue weighted by Gasteiger charge is 2.15. The Labute approximate surface area is 122 Å². The van der Waals surface area contributed by atoms with E-state index in [4.69, 9.17) is 9.47 Å². The number of nitrogens with zero attached hydrogens (tertiary/aromatic N) is 1. The van der Waals surface area contributed by atoms with Gasteiger partial charge in [-0.1, -0.05) is 15.9 Å². The average Bonchev–Trinajstić information content (AvgIpc) is 2.37. The van der Waals surface area contributed by atoms with Gasteiger partial charge in [-0.15, -0.1) is 0 Å². The van der Waals surface area contributed by atoms with Crippen LogP contribution in [0.1, 0.15) is 0 Å². The number of ether oxygens (including phenoxy) is 2. The summed E-state index contributed by atoms with van der Waals surface area (Å²) in [5, 5.41) is 10.8. The molecular formula is C13H9BrFNO4. The fourth-order valence-corrected chi connectivity index (χ4v) is 2.04. The molecule has 5 nitrogen and oxygen atoms in total. The molecule has 2 rings (SSSR count). The average molecular weight is 342 g/mol.